The van der Waals surface area contributed by atoms with E-state index < -0.39 is 0 Å². The van der Waals surface area contributed by atoms with Gasteiger partial charge in [0.05, 0.1) is 0 Å². The molecule has 3 nitrogen and oxygen atoms in total. The third-order valence-electron chi connectivity index (χ3n) is 4.38. The second-order valence-electron chi connectivity index (χ2n) is 6.03. The number of fused-ring (bicyclic) bond motifs is 3. The van der Waals surface area contributed by atoms with Gasteiger partial charge < -0.3 is 9.73 Å². The lowest BCUT2D eigenvalue weighted by Gasteiger charge is -2.04. The fourth-order valence-electron chi connectivity index (χ4n) is 3.08. The van der Waals surface area contributed by atoms with Gasteiger partial charge in [-0.15, -0.1) is 0 Å². The highest BCUT2D eigenvalue weighted by Gasteiger charge is 2.18. The molecule has 0 aliphatic rings. The van der Waals surface area contributed by atoms with E-state index in [1.165, 1.54) is 12.1 Å². The molecule has 1 heterocycles. The number of halogens is 1. The number of hydrogen-bond acceptors (Lipinski definition) is 2. The van der Waals surface area contributed by atoms with Gasteiger partial charge in [-0.25, -0.2) is 4.39 Å². The molecule has 0 fully saturated rings. The summed E-state index contributed by atoms with van der Waals surface area (Å²) in [5.74, 6) is -0.331. The zero-order chi connectivity index (χ0) is 17.4. The third-order valence-corrected chi connectivity index (χ3v) is 4.38. The molecule has 0 radical (unpaired) electrons. The van der Waals surface area contributed by atoms with Crippen molar-refractivity contribution in [2.45, 2.75) is 13.5 Å². The summed E-state index contributed by atoms with van der Waals surface area (Å²) in [6.07, 6.45) is 0. The standard InChI is InChI=1S/C21H16FNO2/c1-13-17-10-9-15-6-2-3-8-18(15)20(17)25-19(13)21(24)23-12-14-5-4-7-16(22)11-14/h2-11H,12H2,1H3,(H,23,24). The number of rotatable bonds is 3. The minimum atomic E-state index is -0.321. The van der Waals surface area contributed by atoms with E-state index >= 15 is 0 Å². The molecule has 0 saturated heterocycles. The quantitative estimate of drug-likeness (QED) is 0.575. The number of aryl methyl sites for hydroxylation is 1. The van der Waals surface area contributed by atoms with Crippen LogP contribution in [-0.4, -0.2) is 5.91 Å². The number of nitrogens with one attached hydrogen (secondary N) is 1. The van der Waals surface area contributed by atoms with Crippen LogP contribution in [0, 0.1) is 12.7 Å². The van der Waals surface area contributed by atoms with Crippen LogP contribution >= 0.6 is 0 Å². The van der Waals surface area contributed by atoms with Crippen molar-refractivity contribution >= 4 is 27.6 Å². The predicted octanol–water partition coefficient (Wildman–Crippen LogP) is 4.96. The molecule has 1 N–H and O–H groups in total. The van der Waals surface area contributed by atoms with Crippen LogP contribution in [0.25, 0.3) is 21.7 Å². The zero-order valence-electron chi connectivity index (χ0n) is 13.7. The molecule has 1 aromatic heterocycles. The molecule has 3 aromatic carbocycles. The van der Waals surface area contributed by atoms with Crippen LogP contribution in [-0.2, 0) is 6.54 Å². The lowest BCUT2D eigenvalue weighted by Crippen LogP contribution is -2.23. The molecule has 0 aliphatic carbocycles. The molecule has 25 heavy (non-hydrogen) atoms. The average molecular weight is 333 g/mol. The van der Waals surface area contributed by atoms with Gasteiger partial charge >= 0.3 is 0 Å². The number of hydrogen-bond donors (Lipinski definition) is 1. The van der Waals surface area contributed by atoms with Crippen LogP contribution in [0.3, 0.4) is 0 Å². The van der Waals surface area contributed by atoms with Gasteiger partial charge in [-0.1, -0.05) is 48.5 Å². The van der Waals surface area contributed by atoms with E-state index in [0.717, 1.165) is 21.7 Å². The Morgan fingerprint density at radius 3 is 2.72 bits per heavy atom. The summed E-state index contributed by atoms with van der Waals surface area (Å²) in [6.45, 7) is 2.12. The van der Waals surface area contributed by atoms with Crippen LogP contribution in [0.1, 0.15) is 21.7 Å². The van der Waals surface area contributed by atoms with Crippen molar-refractivity contribution in [2.24, 2.45) is 0 Å². The maximum absolute atomic E-state index is 13.2. The lowest BCUT2D eigenvalue weighted by molar-refractivity contribution is 0.0924. The van der Waals surface area contributed by atoms with Crippen molar-refractivity contribution in [3.8, 4) is 0 Å². The second-order valence-corrected chi connectivity index (χ2v) is 6.03. The van der Waals surface area contributed by atoms with Crippen molar-refractivity contribution in [2.75, 3.05) is 0 Å². The first-order valence-corrected chi connectivity index (χ1v) is 8.07. The summed E-state index contributed by atoms with van der Waals surface area (Å²) >= 11 is 0. The van der Waals surface area contributed by atoms with Crippen molar-refractivity contribution in [1.82, 2.24) is 5.32 Å². The summed E-state index contributed by atoms with van der Waals surface area (Å²) in [6, 6.07) is 18.1. The predicted molar refractivity (Wildman–Crippen MR) is 96.0 cm³/mol. The first-order chi connectivity index (χ1) is 12.1. The number of amides is 1. The van der Waals surface area contributed by atoms with Gasteiger partial charge in [-0.3, -0.25) is 4.79 Å². The number of benzene rings is 3. The Morgan fingerprint density at radius 1 is 1.04 bits per heavy atom. The van der Waals surface area contributed by atoms with Crippen LogP contribution < -0.4 is 5.32 Å². The minimum absolute atomic E-state index is 0.244. The molecule has 4 rings (SSSR count). The molecule has 124 valence electrons. The molecule has 4 heteroatoms. The number of furan rings is 1. The number of carbonyl (C=O) groups is 1. The van der Waals surface area contributed by atoms with Crippen LogP contribution in [0.15, 0.2) is 65.1 Å². The SMILES string of the molecule is Cc1c(C(=O)NCc2cccc(F)c2)oc2c1ccc1ccccc12. The van der Waals surface area contributed by atoms with Gasteiger partial charge in [0.15, 0.2) is 5.76 Å². The highest BCUT2D eigenvalue weighted by Crippen LogP contribution is 2.31. The molecule has 0 atom stereocenters. The van der Waals surface area contributed by atoms with Gasteiger partial charge in [-0.2, -0.15) is 0 Å². The van der Waals surface area contributed by atoms with E-state index in [1.54, 1.807) is 12.1 Å². The molecule has 0 spiro atoms. The molecule has 4 aromatic rings. The Labute approximate surface area is 144 Å². The van der Waals surface area contributed by atoms with E-state index in [4.69, 9.17) is 4.42 Å². The highest BCUT2D eigenvalue weighted by molar-refractivity contribution is 6.08. The first-order valence-electron chi connectivity index (χ1n) is 8.07. The molecule has 0 aliphatic heterocycles. The Hall–Kier alpha value is -3.14. The fourth-order valence-corrected chi connectivity index (χ4v) is 3.08. The first kappa shape index (κ1) is 15.4. The van der Waals surface area contributed by atoms with E-state index in [-0.39, 0.29) is 18.3 Å². The molecular formula is C21H16FNO2. The maximum atomic E-state index is 13.2. The minimum Gasteiger partial charge on any atom is -0.450 e. The van der Waals surface area contributed by atoms with E-state index in [1.807, 2.05) is 43.3 Å². The van der Waals surface area contributed by atoms with Crippen molar-refractivity contribution in [3.05, 3.63) is 83.4 Å². The Kier molecular flexibility index (Phi) is 3.73. The van der Waals surface area contributed by atoms with Crippen LogP contribution in [0.5, 0.6) is 0 Å². The van der Waals surface area contributed by atoms with Gasteiger partial charge in [0.2, 0.25) is 0 Å². The van der Waals surface area contributed by atoms with Crippen molar-refractivity contribution < 1.29 is 13.6 Å². The van der Waals surface area contributed by atoms with Gasteiger partial charge in [0.25, 0.3) is 5.91 Å². The normalized spacial score (nSPS) is 11.1. The summed E-state index contributed by atoms with van der Waals surface area (Å²) in [7, 11) is 0. The molecule has 1 amide bonds. The average Bonchev–Trinajstić information content (AvgIpc) is 2.97. The Bertz CT molecular complexity index is 1100. The fraction of sp³-hybridized carbons (Fsp3) is 0.0952. The smallest absolute Gasteiger partial charge is 0.287 e. The van der Waals surface area contributed by atoms with Crippen LogP contribution in [0.4, 0.5) is 4.39 Å². The third kappa shape index (κ3) is 2.76. The Balaban J connectivity index is 1.67. The zero-order valence-corrected chi connectivity index (χ0v) is 13.7. The van der Waals surface area contributed by atoms with Crippen LogP contribution in [0.2, 0.25) is 0 Å². The summed E-state index contributed by atoms with van der Waals surface area (Å²) in [4.78, 5) is 12.5. The molecule has 0 unspecified atom stereocenters. The van der Waals surface area contributed by atoms with E-state index in [9.17, 15) is 9.18 Å². The number of carbonyl (C=O) groups excluding carboxylic acids is 1. The molecular weight excluding hydrogens is 317 g/mol. The second kappa shape index (κ2) is 6.06. The lowest BCUT2D eigenvalue weighted by atomic mass is 10.1. The van der Waals surface area contributed by atoms with Gasteiger partial charge in [0, 0.05) is 22.9 Å². The molecule has 0 bridgehead atoms. The summed E-state index contributed by atoms with van der Waals surface area (Å²) < 4.78 is 19.1. The highest BCUT2D eigenvalue weighted by atomic mass is 19.1. The Morgan fingerprint density at radius 2 is 1.88 bits per heavy atom. The van der Waals surface area contributed by atoms with Crippen molar-refractivity contribution in [1.29, 1.82) is 0 Å². The summed E-state index contributed by atoms with van der Waals surface area (Å²) in [5, 5.41) is 5.76. The molecule has 0 saturated carbocycles. The van der Waals surface area contributed by atoms with E-state index in [0.29, 0.717) is 16.9 Å². The maximum Gasteiger partial charge on any atom is 0.287 e. The van der Waals surface area contributed by atoms with Crippen molar-refractivity contribution in [3.63, 3.8) is 0 Å². The van der Waals surface area contributed by atoms with Gasteiger partial charge in [0.1, 0.15) is 11.4 Å². The van der Waals surface area contributed by atoms with Gasteiger partial charge in [-0.05, 0) is 30.0 Å². The summed E-state index contributed by atoms with van der Waals surface area (Å²) in [5.41, 5.74) is 2.22. The monoisotopic (exact) mass is 333 g/mol. The van der Waals surface area contributed by atoms with E-state index in [2.05, 4.69) is 5.32 Å². The largest absolute Gasteiger partial charge is 0.450 e. The topological polar surface area (TPSA) is 42.2 Å².